The molecule has 3 aromatic rings. The molecule has 4 nitrogen and oxygen atoms in total. The van der Waals surface area contributed by atoms with Crippen LogP contribution in [0.5, 0.6) is 5.75 Å². The number of nitriles is 1. The standard InChI is InChI=1S/C25H20ClFN2O2/c1-16-7-3-6-10-23(16)29-25(30)19(15-28)11-17-12-21(26)20(24(13-17)31-2)14-18-8-4-5-9-22(18)27/h3-13H,14H2,1-2H3,(H,29,30)/b19-11+. The van der Waals surface area contributed by atoms with Crippen LogP contribution in [0.2, 0.25) is 5.02 Å². The van der Waals surface area contributed by atoms with Crippen LogP contribution < -0.4 is 10.1 Å². The summed E-state index contributed by atoms with van der Waals surface area (Å²) in [5.74, 6) is -0.412. The van der Waals surface area contributed by atoms with E-state index in [9.17, 15) is 14.4 Å². The number of carbonyl (C=O) groups excluding carboxylic acids is 1. The number of para-hydroxylation sites is 1. The Morgan fingerprint density at radius 1 is 1.19 bits per heavy atom. The Kier molecular flexibility index (Phi) is 7.07. The van der Waals surface area contributed by atoms with Crippen molar-refractivity contribution in [3.8, 4) is 11.8 Å². The highest BCUT2D eigenvalue weighted by molar-refractivity contribution is 6.31. The average Bonchev–Trinajstić information content (AvgIpc) is 2.76. The van der Waals surface area contributed by atoms with Gasteiger partial charge in [0.05, 0.1) is 7.11 Å². The Balaban J connectivity index is 1.91. The second-order valence-electron chi connectivity index (χ2n) is 6.89. The highest BCUT2D eigenvalue weighted by Crippen LogP contribution is 2.32. The highest BCUT2D eigenvalue weighted by atomic mass is 35.5. The van der Waals surface area contributed by atoms with E-state index in [1.807, 2.05) is 25.1 Å². The molecule has 3 rings (SSSR count). The van der Waals surface area contributed by atoms with Crippen molar-refractivity contribution in [3.63, 3.8) is 0 Å². The molecule has 3 aromatic carbocycles. The Morgan fingerprint density at radius 3 is 2.58 bits per heavy atom. The van der Waals surface area contributed by atoms with E-state index < -0.39 is 5.91 Å². The van der Waals surface area contributed by atoms with Crippen LogP contribution in [0.3, 0.4) is 0 Å². The third-order valence-electron chi connectivity index (χ3n) is 4.79. The number of nitrogens with one attached hydrogen (secondary N) is 1. The van der Waals surface area contributed by atoms with E-state index in [4.69, 9.17) is 16.3 Å². The van der Waals surface area contributed by atoms with Crippen molar-refractivity contribution < 1.29 is 13.9 Å². The smallest absolute Gasteiger partial charge is 0.266 e. The van der Waals surface area contributed by atoms with E-state index in [2.05, 4.69) is 5.32 Å². The Hall–Kier alpha value is -3.62. The number of carbonyl (C=O) groups is 1. The number of benzene rings is 3. The van der Waals surface area contributed by atoms with Gasteiger partial charge < -0.3 is 10.1 Å². The van der Waals surface area contributed by atoms with Crippen molar-refractivity contribution >= 4 is 29.3 Å². The van der Waals surface area contributed by atoms with Gasteiger partial charge in [-0.2, -0.15) is 5.26 Å². The monoisotopic (exact) mass is 434 g/mol. The van der Waals surface area contributed by atoms with Crippen LogP contribution in [0, 0.1) is 24.1 Å². The molecule has 0 unspecified atom stereocenters. The largest absolute Gasteiger partial charge is 0.496 e. The number of hydrogen-bond donors (Lipinski definition) is 1. The van der Waals surface area contributed by atoms with E-state index in [-0.39, 0.29) is 17.8 Å². The third kappa shape index (κ3) is 5.30. The number of aryl methyl sites for hydroxylation is 1. The molecule has 1 amide bonds. The van der Waals surface area contributed by atoms with Crippen LogP contribution >= 0.6 is 11.6 Å². The predicted molar refractivity (Wildman–Crippen MR) is 121 cm³/mol. The lowest BCUT2D eigenvalue weighted by Gasteiger charge is -2.13. The summed E-state index contributed by atoms with van der Waals surface area (Å²) in [6.45, 7) is 1.87. The molecule has 31 heavy (non-hydrogen) atoms. The zero-order chi connectivity index (χ0) is 22.4. The van der Waals surface area contributed by atoms with Crippen molar-refractivity contribution in [2.75, 3.05) is 12.4 Å². The van der Waals surface area contributed by atoms with Gasteiger partial charge in [-0.1, -0.05) is 48.0 Å². The second-order valence-corrected chi connectivity index (χ2v) is 7.30. The van der Waals surface area contributed by atoms with Crippen molar-refractivity contribution in [2.45, 2.75) is 13.3 Å². The van der Waals surface area contributed by atoms with Crippen LogP contribution in [-0.4, -0.2) is 13.0 Å². The number of methoxy groups -OCH3 is 1. The van der Waals surface area contributed by atoms with Gasteiger partial charge in [0.2, 0.25) is 0 Å². The number of amides is 1. The summed E-state index contributed by atoms with van der Waals surface area (Å²) >= 11 is 6.46. The molecule has 0 aliphatic carbocycles. The van der Waals surface area contributed by atoms with Crippen LogP contribution in [0.1, 0.15) is 22.3 Å². The van der Waals surface area contributed by atoms with E-state index >= 15 is 0 Å². The van der Waals surface area contributed by atoms with Crippen LogP contribution in [0.15, 0.2) is 66.2 Å². The molecule has 0 aliphatic rings. The number of hydrogen-bond acceptors (Lipinski definition) is 3. The van der Waals surface area contributed by atoms with Gasteiger partial charge in [-0.25, -0.2) is 4.39 Å². The van der Waals surface area contributed by atoms with Crippen molar-refractivity contribution in [1.29, 1.82) is 5.26 Å². The zero-order valence-electron chi connectivity index (χ0n) is 17.1. The molecule has 156 valence electrons. The lowest BCUT2D eigenvalue weighted by molar-refractivity contribution is -0.112. The number of ether oxygens (including phenoxy) is 1. The van der Waals surface area contributed by atoms with Gasteiger partial charge in [0.15, 0.2) is 0 Å². The summed E-state index contributed by atoms with van der Waals surface area (Å²) in [5.41, 5.74) is 3.06. The molecule has 0 spiro atoms. The van der Waals surface area contributed by atoms with E-state index in [1.54, 1.807) is 42.5 Å². The van der Waals surface area contributed by atoms with Gasteiger partial charge >= 0.3 is 0 Å². The predicted octanol–water partition coefficient (Wildman–Crippen LogP) is 5.93. The Morgan fingerprint density at radius 2 is 1.90 bits per heavy atom. The molecule has 0 aromatic heterocycles. The maximum atomic E-state index is 14.1. The Bertz CT molecular complexity index is 1200. The van der Waals surface area contributed by atoms with E-state index in [1.165, 1.54) is 19.3 Å². The number of halogens is 2. The molecule has 0 fully saturated rings. The minimum atomic E-state index is -0.526. The van der Waals surface area contributed by atoms with Crippen molar-refractivity contribution in [2.24, 2.45) is 0 Å². The van der Waals surface area contributed by atoms with Crippen molar-refractivity contribution in [1.82, 2.24) is 0 Å². The summed E-state index contributed by atoms with van der Waals surface area (Å²) in [5, 5.41) is 12.6. The lowest BCUT2D eigenvalue weighted by atomic mass is 10.0. The molecule has 0 heterocycles. The van der Waals surface area contributed by atoms with Gasteiger partial charge in [0, 0.05) is 22.7 Å². The molecular weight excluding hydrogens is 415 g/mol. The fourth-order valence-electron chi connectivity index (χ4n) is 3.12. The minimum Gasteiger partial charge on any atom is -0.496 e. The fourth-order valence-corrected chi connectivity index (χ4v) is 3.40. The molecule has 1 N–H and O–H groups in total. The summed E-state index contributed by atoms with van der Waals surface area (Å²) in [6, 6.07) is 19.0. The van der Waals surface area contributed by atoms with Crippen molar-refractivity contribution in [3.05, 3.63) is 99.3 Å². The zero-order valence-corrected chi connectivity index (χ0v) is 17.8. The first-order valence-corrected chi connectivity index (χ1v) is 9.89. The van der Waals surface area contributed by atoms with E-state index in [0.29, 0.717) is 33.1 Å². The summed E-state index contributed by atoms with van der Waals surface area (Å²) < 4.78 is 19.5. The van der Waals surface area contributed by atoms with E-state index in [0.717, 1.165) is 5.56 Å². The first-order valence-electron chi connectivity index (χ1n) is 9.51. The molecule has 6 heteroatoms. The molecule has 0 radical (unpaired) electrons. The van der Waals surface area contributed by atoms with Gasteiger partial charge in [-0.15, -0.1) is 0 Å². The fraction of sp³-hybridized carbons (Fsp3) is 0.120. The van der Waals surface area contributed by atoms with Gasteiger partial charge in [0.1, 0.15) is 23.2 Å². The molecule has 0 saturated heterocycles. The maximum absolute atomic E-state index is 14.1. The maximum Gasteiger partial charge on any atom is 0.266 e. The minimum absolute atomic E-state index is 0.0803. The normalized spacial score (nSPS) is 11.0. The topological polar surface area (TPSA) is 62.1 Å². The highest BCUT2D eigenvalue weighted by Gasteiger charge is 2.15. The number of rotatable bonds is 6. The van der Waals surface area contributed by atoms with Crippen LogP contribution in [0.4, 0.5) is 10.1 Å². The first kappa shape index (κ1) is 22.1. The van der Waals surface area contributed by atoms with Gasteiger partial charge in [-0.05, 0) is 54.0 Å². The Labute approximate surface area is 185 Å². The summed E-state index contributed by atoms with van der Waals surface area (Å²) in [6.07, 6.45) is 1.69. The molecular formula is C25H20ClFN2O2. The third-order valence-corrected chi connectivity index (χ3v) is 5.13. The summed E-state index contributed by atoms with van der Waals surface area (Å²) in [7, 11) is 1.49. The molecule has 0 bridgehead atoms. The number of anilines is 1. The lowest BCUT2D eigenvalue weighted by Crippen LogP contribution is -2.14. The van der Waals surface area contributed by atoms with Gasteiger partial charge in [0.25, 0.3) is 5.91 Å². The van der Waals surface area contributed by atoms with Gasteiger partial charge in [-0.3, -0.25) is 4.79 Å². The molecule has 0 atom stereocenters. The number of nitrogens with zero attached hydrogens (tertiary/aromatic N) is 1. The average molecular weight is 435 g/mol. The van der Waals surface area contributed by atoms with Crippen LogP contribution in [-0.2, 0) is 11.2 Å². The first-order chi connectivity index (χ1) is 14.9. The van der Waals surface area contributed by atoms with Crippen LogP contribution in [0.25, 0.3) is 6.08 Å². The second kappa shape index (κ2) is 9.92. The SMILES string of the molecule is COc1cc(/C=C(\C#N)C(=O)Nc2ccccc2C)cc(Cl)c1Cc1ccccc1F. The molecule has 0 aliphatic heterocycles. The molecule has 0 saturated carbocycles. The summed E-state index contributed by atoms with van der Waals surface area (Å²) in [4.78, 5) is 12.6. The quantitative estimate of drug-likeness (QED) is 0.386.